The molecule has 0 fully saturated rings. The van der Waals surface area contributed by atoms with E-state index in [1.54, 1.807) is 0 Å². The van der Waals surface area contributed by atoms with Gasteiger partial charge in [-0.15, -0.1) is 0 Å². The number of carbonyl (C=O) groups excluding carboxylic acids is 2. The monoisotopic (exact) mass is 1030 g/mol. The molecule has 0 aliphatic heterocycles. The van der Waals surface area contributed by atoms with Gasteiger partial charge in [0.15, 0.2) is 6.10 Å². The first-order valence-electron chi connectivity index (χ1n) is 29.9. The molecule has 0 aliphatic carbocycles. The van der Waals surface area contributed by atoms with Crippen molar-refractivity contribution in [2.75, 3.05) is 26.4 Å². The zero-order chi connectivity index (χ0) is 52.4. The number of allylic oxidation sites excluding steroid dienone is 12. The van der Waals surface area contributed by atoms with Crippen LogP contribution in [-0.4, -0.2) is 49.3 Å². The second-order valence-electron chi connectivity index (χ2n) is 19.8. The molecule has 0 amide bonds. The maximum Gasteiger partial charge on any atom is 0.472 e. The lowest BCUT2D eigenvalue weighted by Crippen LogP contribution is -2.29. The summed E-state index contributed by atoms with van der Waals surface area (Å²) in [6.45, 7) is 3.66. The summed E-state index contributed by atoms with van der Waals surface area (Å²) >= 11 is 0. The summed E-state index contributed by atoms with van der Waals surface area (Å²) in [6.07, 6.45) is 73.9. The van der Waals surface area contributed by atoms with Gasteiger partial charge < -0.3 is 20.1 Å². The molecule has 0 bridgehead atoms. The summed E-state index contributed by atoms with van der Waals surface area (Å²) in [6, 6.07) is 0. The van der Waals surface area contributed by atoms with E-state index in [1.807, 2.05) is 0 Å². The van der Waals surface area contributed by atoms with Crippen LogP contribution in [0.5, 0.6) is 0 Å². The van der Waals surface area contributed by atoms with Crippen molar-refractivity contribution in [2.45, 2.75) is 283 Å². The Bertz CT molecular complexity index is 1410. The smallest absolute Gasteiger partial charge is 0.462 e. The summed E-state index contributed by atoms with van der Waals surface area (Å²) in [5, 5.41) is 0. The SMILES string of the molecule is CC/C=C\C/C=C\C/C=C\C/C=C\C/C=C\C/C=C\CCCCCCCCCCC(=O)OC(COC(=O)CCCCCCCCCCCCCCCCCCCCCCCCCC)COP(=O)(O)OCCN. The van der Waals surface area contributed by atoms with Gasteiger partial charge in [-0.1, -0.05) is 273 Å². The van der Waals surface area contributed by atoms with Crippen LogP contribution >= 0.6 is 7.82 Å². The van der Waals surface area contributed by atoms with Gasteiger partial charge in [-0.05, 0) is 64.2 Å². The van der Waals surface area contributed by atoms with Crippen molar-refractivity contribution in [3.63, 3.8) is 0 Å². The molecule has 0 radical (unpaired) electrons. The highest BCUT2D eigenvalue weighted by Crippen LogP contribution is 2.43. The summed E-state index contributed by atoms with van der Waals surface area (Å²) in [4.78, 5) is 35.2. The predicted molar refractivity (Wildman–Crippen MR) is 307 cm³/mol. The molecule has 0 saturated heterocycles. The molecule has 0 aromatic heterocycles. The standard InChI is InChI=1S/C62H112NO8P/c1-3-5-7-9-11-13-15-17-19-21-23-25-27-29-30-31-33-35-37-39-41-43-45-47-49-51-53-55-62(65)71-60(59-70-72(66,67)69-57-56-63)58-68-61(64)54-52-50-48-46-44-42-40-38-36-34-32-28-26-24-22-20-18-16-14-12-10-8-6-4-2/h5,7,11,13,17,19,23,25,29-30,33,35,60H,3-4,6,8-10,12,14-16,18,20-22,24,26-28,31-32,34,36-59,63H2,1-2H3,(H,66,67)/b7-5-,13-11-,19-17-,25-23-,30-29-,35-33-. The number of rotatable bonds is 56. The average Bonchev–Trinajstić information content (AvgIpc) is 3.37. The molecule has 0 aromatic rings. The van der Waals surface area contributed by atoms with E-state index in [0.717, 1.165) is 83.5 Å². The second kappa shape index (κ2) is 57.7. The van der Waals surface area contributed by atoms with Gasteiger partial charge in [-0.2, -0.15) is 0 Å². The van der Waals surface area contributed by atoms with Crippen LogP contribution in [-0.2, 0) is 32.7 Å². The Balaban J connectivity index is 3.98. The number of ether oxygens (including phenoxy) is 2. The van der Waals surface area contributed by atoms with E-state index >= 15 is 0 Å². The van der Waals surface area contributed by atoms with E-state index in [2.05, 4.69) is 86.8 Å². The lowest BCUT2D eigenvalue weighted by Gasteiger charge is -2.19. The molecule has 10 heteroatoms. The van der Waals surface area contributed by atoms with E-state index in [9.17, 15) is 19.0 Å². The molecule has 0 aliphatic rings. The van der Waals surface area contributed by atoms with E-state index in [1.165, 1.54) is 161 Å². The molecular weight excluding hydrogens is 918 g/mol. The van der Waals surface area contributed by atoms with Crippen LogP contribution in [0.4, 0.5) is 0 Å². The number of nitrogens with two attached hydrogens (primary N) is 1. The minimum Gasteiger partial charge on any atom is -0.462 e. The third-order valence-corrected chi connectivity index (χ3v) is 13.8. The summed E-state index contributed by atoms with van der Waals surface area (Å²) in [5.41, 5.74) is 5.39. The zero-order valence-corrected chi connectivity index (χ0v) is 47.5. The van der Waals surface area contributed by atoms with Gasteiger partial charge in [0.2, 0.25) is 0 Å². The molecule has 3 N–H and O–H groups in total. The van der Waals surface area contributed by atoms with Crippen molar-refractivity contribution in [1.29, 1.82) is 0 Å². The number of hydrogen-bond donors (Lipinski definition) is 2. The first-order valence-corrected chi connectivity index (χ1v) is 31.4. The van der Waals surface area contributed by atoms with Crippen LogP contribution in [0.1, 0.15) is 277 Å². The Kier molecular flexibility index (Phi) is 55.7. The quantitative estimate of drug-likeness (QED) is 0.0264. The highest BCUT2D eigenvalue weighted by atomic mass is 31.2. The van der Waals surface area contributed by atoms with Crippen molar-refractivity contribution >= 4 is 19.8 Å². The molecule has 2 unspecified atom stereocenters. The Morgan fingerprint density at radius 3 is 1.14 bits per heavy atom. The van der Waals surface area contributed by atoms with Crippen molar-refractivity contribution in [3.8, 4) is 0 Å². The molecule has 0 rings (SSSR count). The maximum atomic E-state index is 12.7. The van der Waals surface area contributed by atoms with Crippen LogP contribution in [0.3, 0.4) is 0 Å². The van der Waals surface area contributed by atoms with Crippen LogP contribution < -0.4 is 5.73 Å². The van der Waals surface area contributed by atoms with Crippen molar-refractivity contribution < 1.29 is 37.6 Å². The Labute approximate surface area is 443 Å². The fourth-order valence-corrected chi connectivity index (χ4v) is 9.23. The van der Waals surface area contributed by atoms with Crippen molar-refractivity contribution in [1.82, 2.24) is 0 Å². The highest BCUT2D eigenvalue weighted by molar-refractivity contribution is 7.47. The van der Waals surface area contributed by atoms with E-state index in [-0.39, 0.29) is 38.6 Å². The minimum atomic E-state index is -4.39. The van der Waals surface area contributed by atoms with Crippen LogP contribution in [0, 0.1) is 0 Å². The zero-order valence-electron chi connectivity index (χ0n) is 46.7. The van der Waals surface area contributed by atoms with Gasteiger partial charge in [0.25, 0.3) is 0 Å². The fourth-order valence-electron chi connectivity index (χ4n) is 8.47. The Morgan fingerprint density at radius 2 is 0.764 bits per heavy atom. The first-order chi connectivity index (χ1) is 35.3. The molecule has 0 saturated carbocycles. The predicted octanol–water partition coefficient (Wildman–Crippen LogP) is 18.9. The van der Waals surface area contributed by atoms with Gasteiger partial charge in [0, 0.05) is 19.4 Å². The number of phosphoric acid groups is 1. The molecule has 0 heterocycles. The van der Waals surface area contributed by atoms with Crippen LogP contribution in [0.2, 0.25) is 0 Å². The number of phosphoric ester groups is 1. The van der Waals surface area contributed by atoms with Crippen LogP contribution in [0.15, 0.2) is 72.9 Å². The molecule has 2 atom stereocenters. The van der Waals surface area contributed by atoms with Gasteiger partial charge in [0.05, 0.1) is 13.2 Å². The van der Waals surface area contributed by atoms with E-state index in [4.69, 9.17) is 24.3 Å². The number of carbonyl (C=O) groups is 2. The average molecular weight is 1030 g/mol. The van der Waals surface area contributed by atoms with Gasteiger partial charge >= 0.3 is 19.8 Å². The number of unbranched alkanes of at least 4 members (excludes halogenated alkanes) is 31. The van der Waals surface area contributed by atoms with E-state index < -0.39 is 26.5 Å². The second-order valence-corrected chi connectivity index (χ2v) is 21.3. The summed E-state index contributed by atoms with van der Waals surface area (Å²) < 4.78 is 33.1. The van der Waals surface area contributed by atoms with Crippen molar-refractivity contribution in [2.24, 2.45) is 5.73 Å². The molecule has 0 spiro atoms. The van der Waals surface area contributed by atoms with E-state index in [0.29, 0.717) is 6.42 Å². The van der Waals surface area contributed by atoms with Crippen molar-refractivity contribution in [3.05, 3.63) is 72.9 Å². The molecule has 0 aromatic carbocycles. The lowest BCUT2D eigenvalue weighted by molar-refractivity contribution is -0.161. The normalized spacial score (nSPS) is 13.6. The highest BCUT2D eigenvalue weighted by Gasteiger charge is 2.26. The van der Waals surface area contributed by atoms with Gasteiger partial charge in [-0.25, -0.2) is 4.57 Å². The largest absolute Gasteiger partial charge is 0.472 e. The lowest BCUT2D eigenvalue weighted by atomic mass is 10.0. The van der Waals surface area contributed by atoms with Crippen LogP contribution in [0.25, 0.3) is 0 Å². The Hall–Kier alpha value is -2.55. The third-order valence-electron chi connectivity index (χ3n) is 12.9. The molecule has 72 heavy (non-hydrogen) atoms. The number of hydrogen-bond acceptors (Lipinski definition) is 8. The van der Waals surface area contributed by atoms with Gasteiger partial charge in [-0.3, -0.25) is 18.6 Å². The first kappa shape index (κ1) is 69.5. The third kappa shape index (κ3) is 56.7. The Morgan fingerprint density at radius 1 is 0.431 bits per heavy atom. The van der Waals surface area contributed by atoms with Gasteiger partial charge in [0.1, 0.15) is 6.61 Å². The molecule has 9 nitrogen and oxygen atoms in total. The summed E-state index contributed by atoms with van der Waals surface area (Å²) in [7, 11) is -4.39. The topological polar surface area (TPSA) is 134 Å². The number of esters is 2. The fraction of sp³-hybridized carbons (Fsp3) is 0.774. The summed E-state index contributed by atoms with van der Waals surface area (Å²) in [5.74, 6) is -0.829. The molecule has 418 valence electrons. The minimum absolute atomic E-state index is 0.0502. The maximum absolute atomic E-state index is 12.7. The molecular formula is C62H112NO8P.